The number of carbonyl (C=O) groups excluding carboxylic acids is 1. The van der Waals surface area contributed by atoms with Crippen LogP contribution in [0.25, 0.3) is 0 Å². The summed E-state index contributed by atoms with van der Waals surface area (Å²) in [6.07, 6.45) is -4.99. The molecule has 0 spiro atoms. The maximum atomic E-state index is 13.7. The van der Waals surface area contributed by atoms with Gasteiger partial charge in [-0.3, -0.25) is 4.79 Å². The van der Waals surface area contributed by atoms with Crippen LogP contribution in [0.5, 0.6) is 0 Å². The van der Waals surface area contributed by atoms with E-state index >= 15 is 0 Å². The molecule has 0 bridgehead atoms. The highest BCUT2D eigenvalue weighted by atomic mass is 35.5. The summed E-state index contributed by atoms with van der Waals surface area (Å²) < 4.78 is 54.4. The second-order valence-electron chi connectivity index (χ2n) is 5.85. The zero-order valence-corrected chi connectivity index (χ0v) is 13.5. The Balaban J connectivity index is 2.66. The van der Waals surface area contributed by atoms with Crippen LogP contribution in [0, 0.1) is 0 Å². The first-order valence-corrected chi connectivity index (χ1v) is 7.81. The lowest BCUT2D eigenvalue weighted by molar-refractivity contribution is -0.193. The van der Waals surface area contributed by atoms with E-state index in [0.717, 1.165) is 6.07 Å². The lowest BCUT2D eigenvalue weighted by Crippen LogP contribution is -2.60. The molecule has 1 aromatic carbocycles. The molecule has 0 radical (unpaired) electrons. The number of rotatable bonds is 2. The van der Waals surface area contributed by atoms with Gasteiger partial charge in [0.05, 0.1) is 26.4 Å². The summed E-state index contributed by atoms with van der Waals surface area (Å²) in [4.78, 5) is 12.1. The molecule has 1 heterocycles. The molecule has 0 fully saturated rings. The molecule has 0 aromatic heterocycles. The highest BCUT2D eigenvalue weighted by Gasteiger charge is 2.66. The summed E-state index contributed by atoms with van der Waals surface area (Å²) in [5, 5.41) is 2.12. The third-order valence-corrected chi connectivity index (χ3v) is 5.14. The van der Waals surface area contributed by atoms with Crippen molar-refractivity contribution in [3.63, 3.8) is 0 Å². The molecule has 1 aliphatic heterocycles. The fraction of sp³-hybridized carbons (Fsp3) is 0.462. The van der Waals surface area contributed by atoms with E-state index in [4.69, 9.17) is 11.6 Å². The van der Waals surface area contributed by atoms with Gasteiger partial charge in [-0.25, -0.2) is 8.93 Å². The van der Waals surface area contributed by atoms with Crippen molar-refractivity contribution in [1.29, 1.82) is 0 Å². The second kappa shape index (κ2) is 5.21. The van der Waals surface area contributed by atoms with Crippen molar-refractivity contribution in [3.05, 3.63) is 28.8 Å². The molecular weight excluding hydrogens is 341 g/mol. The van der Waals surface area contributed by atoms with Gasteiger partial charge in [0.1, 0.15) is 0 Å². The summed E-state index contributed by atoms with van der Waals surface area (Å²) in [5.41, 5.74) is -3.59. The minimum absolute atomic E-state index is 0.0136. The van der Waals surface area contributed by atoms with Gasteiger partial charge in [0.25, 0.3) is 5.91 Å². The van der Waals surface area contributed by atoms with Gasteiger partial charge in [0.2, 0.25) is 5.54 Å². The van der Waals surface area contributed by atoms with E-state index in [0.29, 0.717) is 0 Å². The zero-order valence-electron chi connectivity index (χ0n) is 12.0. The van der Waals surface area contributed by atoms with E-state index in [1.54, 1.807) is 0 Å². The lowest BCUT2D eigenvalue weighted by atomic mass is 9.92. The van der Waals surface area contributed by atoms with E-state index in [2.05, 4.69) is 5.32 Å². The van der Waals surface area contributed by atoms with Gasteiger partial charge >= 0.3 is 6.18 Å². The van der Waals surface area contributed by atoms with Crippen LogP contribution in [0.3, 0.4) is 0 Å². The Bertz CT molecular complexity index is 658. The molecule has 0 saturated heterocycles. The summed E-state index contributed by atoms with van der Waals surface area (Å²) in [6, 6.07) is 3.82. The number of carbonyl (C=O) groups is 1. The molecule has 1 unspecified atom stereocenters. The monoisotopic (exact) mass is 354 g/mol. The predicted octanol–water partition coefficient (Wildman–Crippen LogP) is 3.10. The van der Waals surface area contributed by atoms with Gasteiger partial charge in [0, 0.05) is 5.56 Å². The minimum atomic E-state index is -4.99. The predicted molar refractivity (Wildman–Crippen MR) is 78.8 cm³/mol. The topological polar surface area (TPSA) is 58.2 Å². The Hall–Kier alpha value is -1.12. The number of amides is 1. The highest BCUT2D eigenvalue weighted by Crippen LogP contribution is 2.49. The number of alkyl halides is 3. The lowest BCUT2D eigenvalue weighted by Gasteiger charge is -2.33. The van der Waals surface area contributed by atoms with Gasteiger partial charge in [-0.2, -0.15) is 13.2 Å². The highest BCUT2D eigenvalue weighted by molar-refractivity contribution is 7.84. The number of para-hydroxylation sites is 1. The van der Waals surface area contributed by atoms with Gasteiger partial charge in [-0.05, 0) is 26.8 Å². The number of fused-ring (bicyclic) bond motifs is 1. The summed E-state index contributed by atoms with van der Waals surface area (Å²) >= 11 is 5.85. The van der Waals surface area contributed by atoms with Gasteiger partial charge in [-0.15, -0.1) is 0 Å². The average molecular weight is 355 g/mol. The number of benzene rings is 1. The van der Waals surface area contributed by atoms with Crippen molar-refractivity contribution < 1.29 is 22.2 Å². The molecule has 22 heavy (non-hydrogen) atoms. The van der Waals surface area contributed by atoms with E-state index < -0.39 is 33.4 Å². The molecule has 2 N–H and O–H groups in total. The molecule has 122 valence electrons. The number of hydrogen-bond acceptors (Lipinski definition) is 2. The summed E-state index contributed by atoms with van der Waals surface area (Å²) in [5.74, 6) is -1.35. The molecule has 9 heteroatoms. The first kappa shape index (κ1) is 17.2. The summed E-state index contributed by atoms with van der Waals surface area (Å²) in [7, 11) is -2.12. The number of hydrogen-bond donors (Lipinski definition) is 2. The SMILES string of the molecule is CC(C)(C)[S@@](=O)NC1(C(F)(F)F)C(=O)Nc2c(Cl)cccc21. The Kier molecular flexibility index (Phi) is 4.08. The van der Waals surface area contributed by atoms with Crippen molar-refractivity contribution in [2.24, 2.45) is 0 Å². The third-order valence-electron chi connectivity index (χ3n) is 3.22. The average Bonchev–Trinajstić information content (AvgIpc) is 2.63. The van der Waals surface area contributed by atoms with Crippen LogP contribution < -0.4 is 10.0 Å². The minimum Gasteiger partial charge on any atom is -0.322 e. The fourth-order valence-corrected chi connectivity index (χ4v) is 3.15. The molecule has 1 aromatic rings. The van der Waals surface area contributed by atoms with Crippen LogP contribution in [-0.4, -0.2) is 21.0 Å². The molecule has 0 saturated carbocycles. The second-order valence-corrected chi connectivity index (χ2v) is 8.22. The van der Waals surface area contributed by atoms with Crippen LogP contribution in [0.15, 0.2) is 18.2 Å². The molecule has 1 amide bonds. The van der Waals surface area contributed by atoms with E-state index in [9.17, 15) is 22.2 Å². The van der Waals surface area contributed by atoms with Crippen LogP contribution >= 0.6 is 11.6 Å². The van der Waals surface area contributed by atoms with Gasteiger partial charge in [-0.1, -0.05) is 23.7 Å². The zero-order chi connectivity index (χ0) is 16.9. The van der Waals surface area contributed by atoms with Crippen molar-refractivity contribution >= 4 is 34.2 Å². The molecule has 4 nitrogen and oxygen atoms in total. The van der Waals surface area contributed by atoms with E-state index in [1.807, 2.05) is 4.72 Å². The number of nitrogens with one attached hydrogen (secondary N) is 2. The maximum absolute atomic E-state index is 13.7. The van der Waals surface area contributed by atoms with Crippen molar-refractivity contribution in [3.8, 4) is 0 Å². The molecule has 1 aliphatic rings. The first-order chi connectivity index (χ1) is 9.91. The van der Waals surface area contributed by atoms with Crippen molar-refractivity contribution in [2.75, 3.05) is 5.32 Å². The van der Waals surface area contributed by atoms with E-state index in [-0.39, 0.29) is 16.3 Å². The first-order valence-electron chi connectivity index (χ1n) is 6.28. The van der Waals surface area contributed by atoms with Gasteiger partial charge < -0.3 is 5.32 Å². The Labute approximate surface area is 133 Å². The van der Waals surface area contributed by atoms with E-state index in [1.165, 1.54) is 32.9 Å². The Morgan fingerprint density at radius 2 is 1.86 bits per heavy atom. The van der Waals surface area contributed by atoms with Crippen LogP contribution in [0.1, 0.15) is 26.3 Å². The molecule has 2 rings (SSSR count). The van der Waals surface area contributed by atoms with Crippen LogP contribution in [-0.2, 0) is 21.3 Å². The molecule has 0 aliphatic carbocycles. The largest absolute Gasteiger partial charge is 0.420 e. The molecule has 2 atom stereocenters. The van der Waals surface area contributed by atoms with Crippen LogP contribution in [0.2, 0.25) is 5.02 Å². The molecular formula is C13H14ClF3N2O2S. The van der Waals surface area contributed by atoms with Crippen molar-refractivity contribution in [1.82, 2.24) is 4.72 Å². The number of anilines is 1. The van der Waals surface area contributed by atoms with Crippen LogP contribution in [0.4, 0.5) is 18.9 Å². The number of halogens is 4. The standard InChI is InChI=1S/C13H14ClF3N2O2S/c1-11(2,3)22(21)19-12(13(15,16)17)7-5-4-6-8(14)9(7)18-10(12)20/h4-6,19H,1-3H3,(H,18,20)/t12?,22-/m1/s1. The quantitative estimate of drug-likeness (QED) is 0.857. The Morgan fingerprint density at radius 1 is 1.27 bits per heavy atom. The fourth-order valence-electron chi connectivity index (χ4n) is 2.03. The van der Waals surface area contributed by atoms with Crippen molar-refractivity contribution in [2.45, 2.75) is 37.2 Å². The third kappa shape index (κ3) is 2.53. The summed E-state index contributed by atoms with van der Waals surface area (Å²) in [6.45, 7) is 4.52. The Morgan fingerprint density at radius 3 is 2.36 bits per heavy atom. The normalized spacial score (nSPS) is 23.1. The maximum Gasteiger partial charge on any atom is 0.420 e. The smallest absolute Gasteiger partial charge is 0.322 e. The van der Waals surface area contributed by atoms with Gasteiger partial charge in [0.15, 0.2) is 0 Å².